The number of nitrogens with one attached hydrogen (secondary N) is 1. The van der Waals surface area contributed by atoms with E-state index in [4.69, 9.17) is 9.72 Å². The maximum Gasteiger partial charge on any atom is 0.252 e. The van der Waals surface area contributed by atoms with Crippen LogP contribution in [0.1, 0.15) is 86.9 Å². The Morgan fingerprint density at radius 1 is 1.21 bits per heavy atom. The molecule has 206 valence electrons. The van der Waals surface area contributed by atoms with E-state index >= 15 is 0 Å². The first-order chi connectivity index (χ1) is 18.4. The van der Waals surface area contributed by atoms with Gasteiger partial charge < -0.3 is 19.5 Å². The summed E-state index contributed by atoms with van der Waals surface area (Å²) in [7, 11) is 1.67. The summed E-state index contributed by atoms with van der Waals surface area (Å²) in [6.07, 6.45) is 5.30. The van der Waals surface area contributed by atoms with Gasteiger partial charge in [0.2, 0.25) is 5.91 Å². The van der Waals surface area contributed by atoms with Gasteiger partial charge in [-0.15, -0.1) is 11.3 Å². The second-order valence-electron chi connectivity index (χ2n) is 10.8. The van der Waals surface area contributed by atoms with Crippen LogP contribution in [0.25, 0.3) is 11.0 Å². The van der Waals surface area contributed by atoms with Gasteiger partial charge in [0.05, 0.1) is 23.7 Å². The molecule has 7 nitrogen and oxygen atoms in total. The average Bonchev–Trinajstić information content (AvgIpc) is 3.65. The molecule has 8 heteroatoms. The third-order valence-electron chi connectivity index (χ3n) is 7.57. The number of hydrogen-bond donors (Lipinski definition) is 1. The Morgan fingerprint density at radius 2 is 2.00 bits per heavy atom. The highest BCUT2D eigenvalue weighted by molar-refractivity contribution is 7.09. The van der Waals surface area contributed by atoms with E-state index < -0.39 is 6.04 Å². The van der Waals surface area contributed by atoms with E-state index in [0.717, 1.165) is 49.0 Å². The molecule has 2 aromatic heterocycles. The Morgan fingerprint density at radius 3 is 2.66 bits per heavy atom. The molecule has 1 N–H and O–H groups in total. The van der Waals surface area contributed by atoms with Crippen molar-refractivity contribution in [3.8, 4) is 0 Å². The van der Waals surface area contributed by atoms with Gasteiger partial charge in [0.1, 0.15) is 11.9 Å². The minimum atomic E-state index is -0.563. The molecule has 1 unspecified atom stereocenters. The van der Waals surface area contributed by atoms with E-state index in [9.17, 15) is 9.59 Å². The van der Waals surface area contributed by atoms with Crippen LogP contribution in [0, 0.1) is 5.92 Å². The van der Waals surface area contributed by atoms with Crippen molar-refractivity contribution < 1.29 is 14.3 Å². The van der Waals surface area contributed by atoms with Crippen LogP contribution in [0.2, 0.25) is 0 Å². The van der Waals surface area contributed by atoms with E-state index in [1.165, 1.54) is 4.88 Å². The summed E-state index contributed by atoms with van der Waals surface area (Å²) in [5.74, 6) is 1.06. The SMILES string of the molecule is CCC(CC)n1c(Cc2cccs2)nc2cc(C(=O)N[C@@H](CC(C)C)C(=O)N3CCCC3COC)ccc21. The number of thiophene rings is 1. The molecule has 1 fully saturated rings. The van der Waals surface area contributed by atoms with Crippen molar-refractivity contribution in [3.63, 3.8) is 0 Å². The number of imidazole rings is 1. The van der Waals surface area contributed by atoms with E-state index in [1.54, 1.807) is 18.4 Å². The molecule has 1 saturated heterocycles. The predicted octanol–water partition coefficient (Wildman–Crippen LogP) is 5.83. The Bertz CT molecular complexity index is 1220. The molecule has 38 heavy (non-hydrogen) atoms. The van der Waals surface area contributed by atoms with Crippen molar-refractivity contribution in [2.24, 2.45) is 5.92 Å². The van der Waals surface area contributed by atoms with Crippen molar-refractivity contribution >= 4 is 34.2 Å². The fraction of sp³-hybridized carbons (Fsp3) is 0.567. The van der Waals surface area contributed by atoms with Gasteiger partial charge in [-0.2, -0.15) is 0 Å². The lowest BCUT2D eigenvalue weighted by atomic mass is 10.0. The first-order valence-corrected chi connectivity index (χ1v) is 14.9. The zero-order valence-corrected chi connectivity index (χ0v) is 24.2. The molecule has 0 aliphatic carbocycles. The van der Waals surface area contributed by atoms with E-state index in [2.05, 4.69) is 55.1 Å². The van der Waals surface area contributed by atoms with Crippen LogP contribution in [0.4, 0.5) is 0 Å². The predicted molar refractivity (Wildman–Crippen MR) is 154 cm³/mol. The fourth-order valence-electron chi connectivity index (χ4n) is 5.67. The Balaban J connectivity index is 1.60. The van der Waals surface area contributed by atoms with Crippen LogP contribution < -0.4 is 5.32 Å². The number of likely N-dealkylation sites (tertiary alicyclic amines) is 1. The highest BCUT2D eigenvalue weighted by Crippen LogP contribution is 2.29. The zero-order chi connectivity index (χ0) is 27.2. The highest BCUT2D eigenvalue weighted by atomic mass is 32.1. The molecule has 0 saturated carbocycles. The van der Waals surface area contributed by atoms with Gasteiger partial charge in [0.25, 0.3) is 5.91 Å². The number of fused-ring (bicyclic) bond motifs is 1. The van der Waals surface area contributed by atoms with Crippen LogP contribution in [-0.2, 0) is 16.0 Å². The number of carbonyl (C=O) groups excluding carboxylic acids is 2. The number of nitrogens with zero attached hydrogens (tertiary/aromatic N) is 3. The largest absolute Gasteiger partial charge is 0.383 e. The number of aromatic nitrogens is 2. The van der Waals surface area contributed by atoms with Crippen LogP contribution in [-0.4, -0.2) is 58.6 Å². The van der Waals surface area contributed by atoms with Gasteiger partial charge in [-0.05, 0) is 67.7 Å². The average molecular weight is 539 g/mol. The summed E-state index contributed by atoms with van der Waals surface area (Å²) in [6, 6.07) is 9.84. The molecular weight excluding hydrogens is 496 g/mol. The normalized spacial score (nSPS) is 16.6. The summed E-state index contributed by atoms with van der Waals surface area (Å²) in [5, 5.41) is 5.16. The Kier molecular flexibility index (Phi) is 9.60. The van der Waals surface area contributed by atoms with Crippen molar-refractivity contribution in [2.75, 3.05) is 20.3 Å². The molecular formula is C30H42N4O3S. The topological polar surface area (TPSA) is 76.5 Å². The van der Waals surface area contributed by atoms with Crippen LogP contribution >= 0.6 is 11.3 Å². The molecule has 0 bridgehead atoms. The molecule has 4 rings (SSSR count). The third-order valence-corrected chi connectivity index (χ3v) is 8.45. The van der Waals surface area contributed by atoms with Gasteiger partial charge in [-0.25, -0.2) is 4.98 Å². The summed E-state index contributed by atoms with van der Waals surface area (Å²) in [4.78, 5) is 35.2. The molecule has 1 aliphatic rings. The lowest BCUT2D eigenvalue weighted by molar-refractivity contribution is -0.135. The summed E-state index contributed by atoms with van der Waals surface area (Å²) in [5.41, 5.74) is 2.41. The monoisotopic (exact) mass is 538 g/mol. The first kappa shape index (κ1) is 28.3. The standard InChI is InChI=1S/C30H42N4O3S/c1-6-22(7-2)34-27-13-12-21(17-25(27)31-28(34)18-24-11-9-15-38-24)29(35)32-26(16-20(3)4)30(36)33-14-8-10-23(33)19-37-5/h9,11-13,15,17,20,22-23,26H,6-8,10,14,16,18-19H2,1-5H3,(H,32,35)/t23?,26-/m0/s1. The lowest BCUT2D eigenvalue weighted by Gasteiger charge is -2.29. The molecule has 1 aliphatic heterocycles. The van der Waals surface area contributed by atoms with E-state index in [-0.39, 0.29) is 23.8 Å². The lowest BCUT2D eigenvalue weighted by Crippen LogP contribution is -2.51. The second-order valence-corrected chi connectivity index (χ2v) is 11.8. The van der Waals surface area contributed by atoms with E-state index in [0.29, 0.717) is 31.2 Å². The third kappa shape index (κ3) is 6.29. The molecule has 0 radical (unpaired) electrons. The summed E-state index contributed by atoms with van der Waals surface area (Å²) in [6.45, 7) is 9.81. The number of rotatable bonds is 12. The minimum Gasteiger partial charge on any atom is -0.383 e. The molecule has 1 aromatic carbocycles. The summed E-state index contributed by atoms with van der Waals surface area (Å²) < 4.78 is 7.70. The smallest absolute Gasteiger partial charge is 0.252 e. The molecule has 3 aromatic rings. The maximum absolute atomic E-state index is 13.5. The second kappa shape index (κ2) is 12.9. The van der Waals surface area contributed by atoms with Gasteiger partial charge in [0, 0.05) is 36.6 Å². The molecule has 3 heterocycles. The van der Waals surface area contributed by atoms with E-state index in [1.807, 2.05) is 23.1 Å². The number of amides is 2. The Hall–Kier alpha value is -2.71. The quantitative estimate of drug-likeness (QED) is 0.315. The van der Waals surface area contributed by atoms with Gasteiger partial charge >= 0.3 is 0 Å². The van der Waals surface area contributed by atoms with Crippen molar-refractivity contribution in [3.05, 3.63) is 52.0 Å². The number of ether oxygens (including phenoxy) is 1. The van der Waals surface area contributed by atoms with Crippen molar-refractivity contribution in [1.29, 1.82) is 0 Å². The Labute approximate surface area is 230 Å². The van der Waals surface area contributed by atoms with Gasteiger partial charge in [0.15, 0.2) is 0 Å². The number of hydrogen-bond acceptors (Lipinski definition) is 5. The first-order valence-electron chi connectivity index (χ1n) is 14.0. The highest BCUT2D eigenvalue weighted by Gasteiger charge is 2.34. The zero-order valence-electron chi connectivity index (χ0n) is 23.4. The van der Waals surface area contributed by atoms with Crippen molar-refractivity contribution in [2.45, 2.75) is 84.3 Å². The van der Waals surface area contributed by atoms with Gasteiger partial charge in [-0.1, -0.05) is 33.8 Å². The minimum absolute atomic E-state index is 0.0103. The maximum atomic E-state index is 13.5. The number of carbonyl (C=O) groups is 2. The number of benzene rings is 1. The number of methoxy groups -OCH3 is 1. The van der Waals surface area contributed by atoms with Crippen LogP contribution in [0.5, 0.6) is 0 Å². The summed E-state index contributed by atoms with van der Waals surface area (Å²) >= 11 is 1.74. The molecule has 2 amide bonds. The molecule has 0 spiro atoms. The van der Waals surface area contributed by atoms with Gasteiger partial charge in [-0.3, -0.25) is 9.59 Å². The fourth-order valence-corrected chi connectivity index (χ4v) is 6.37. The van der Waals surface area contributed by atoms with Crippen LogP contribution in [0.15, 0.2) is 35.7 Å². The van der Waals surface area contributed by atoms with Crippen LogP contribution in [0.3, 0.4) is 0 Å². The van der Waals surface area contributed by atoms with Crippen molar-refractivity contribution in [1.82, 2.24) is 19.8 Å². The molecule has 2 atom stereocenters.